The van der Waals surface area contributed by atoms with E-state index < -0.39 is 16.1 Å². The molecular weight excluding hydrogens is 270 g/mol. The molecule has 2 amide bonds. The zero-order chi connectivity index (χ0) is 14.6. The summed E-state index contributed by atoms with van der Waals surface area (Å²) in [6.45, 7) is 4.61. The minimum atomic E-state index is -3.46. The Labute approximate surface area is 113 Å². The first-order valence-electron chi connectivity index (χ1n) is 6.22. The van der Waals surface area contributed by atoms with Crippen LogP contribution < -0.4 is 10.0 Å². The first-order chi connectivity index (χ1) is 8.69. The number of nitrogens with zero attached hydrogens (tertiary/aromatic N) is 1. The van der Waals surface area contributed by atoms with E-state index in [0.717, 1.165) is 6.26 Å². The SMILES string of the molecule is CC(C)C[C@@H](NS(C)(=O)=O)C(=O)N1CCNC(=O)C1. The summed E-state index contributed by atoms with van der Waals surface area (Å²) in [5.41, 5.74) is 0. The summed E-state index contributed by atoms with van der Waals surface area (Å²) in [6.07, 6.45) is 1.43. The van der Waals surface area contributed by atoms with Crippen LogP contribution in [0, 0.1) is 5.92 Å². The lowest BCUT2D eigenvalue weighted by molar-refractivity contribution is -0.139. The van der Waals surface area contributed by atoms with Gasteiger partial charge in [-0.3, -0.25) is 9.59 Å². The Kier molecular flexibility index (Phi) is 5.30. The Morgan fingerprint density at radius 2 is 2.11 bits per heavy atom. The number of rotatable bonds is 5. The predicted octanol–water partition coefficient (Wildman–Crippen LogP) is -1.09. The van der Waals surface area contributed by atoms with Gasteiger partial charge >= 0.3 is 0 Å². The molecule has 7 nitrogen and oxygen atoms in total. The molecule has 1 aliphatic rings. The topological polar surface area (TPSA) is 95.6 Å². The third kappa shape index (κ3) is 5.56. The molecule has 1 aliphatic heterocycles. The van der Waals surface area contributed by atoms with Gasteiger partial charge in [0, 0.05) is 13.1 Å². The van der Waals surface area contributed by atoms with Gasteiger partial charge in [0.05, 0.1) is 12.8 Å². The largest absolute Gasteiger partial charge is 0.353 e. The fourth-order valence-corrected chi connectivity index (χ4v) is 2.69. The van der Waals surface area contributed by atoms with E-state index in [-0.39, 0.29) is 24.3 Å². The lowest BCUT2D eigenvalue weighted by Gasteiger charge is -2.30. The number of amides is 2. The number of sulfonamides is 1. The minimum Gasteiger partial charge on any atom is -0.353 e. The van der Waals surface area contributed by atoms with E-state index in [1.165, 1.54) is 4.90 Å². The summed E-state index contributed by atoms with van der Waals surface area (Å²) >= 11 is 0. The Hall–Kier alpha value is -1.15. The molecule has 8 heteroatoms. The van der Waals surface area contributed by atoms with Crippen molar-refractivity contribution in [1.29, 1.82) is 0 Å². The third-order valence-corrected chi connectivity index (χ3v) is 3.42. The molecule has 1 rings (SSSR count). The number of hydrogen-bond acceptors (Lipinski definition) is 4. The first kappa shape index (κ1) is 15.9. The van der Waals surface area contributed by atoms with Gasteiger partial charge in [-0.1, -0.05) is 13.8 Å². The van der Waals surface area contributed by atoms with Gasteiger partial charge in [-0.15, -0.1) is 0 Å². The summed E-state index contributed by atoms with van der Waals surface area (Å²) in [5, 5.41) is 2.62. The smallest absolute Gasteiger partial charge is 0.241 e. The van der Waals surface area contributed by atoms with Crippen molar-refractivity contribution in [3.8, 4) is 0 Å². The van der Waals surface area contributed by atoms with Crippen LogP contribution in [0.3, 0.4) is 0 Å². The van der Waals surface area contributed by atoms with Gasteiger partial charge < -0.3 is 10.2 Å². The van der Waals surface area contributed by atoms with Crippen LogP contribution in [0.5, 0.6) is 0 Å². The lowest BCUT2D eigenvalue weighted by atomic mass is 10.0. The van der Waals surface area contributed by atoms with Crippen LogP contribution in [0.25, 0.3) is 0 Å². The van der Waals surface area contributed by atoms with Crippen molar-refractivity contribution in [1.82, 2.24) is 14.9 Å². The van der Waals surface area contributed by atoms with E-state index in [1.54, 1.807) is 0 Å². The molecule has 0 aromatic rings. The zero-order valence-electron chi connectivity index (χ0n) is 11.5. The van der Waals surface area contributed by atoms with Crippen LogP contribution in [0.2, 0.25) is 0 Å². The maximum Gasteiger partial charge on any atom is 0.241 e. The van der Waals surface area contributed by atoms with Gasteiger partial charge in [-0.2, -0.15) is 0 Å². The van der Waals surface area contributed by atoms with E-state index in [9.17, 15) is 18.0 Å². The fourth-order valence-electron chi connectivity index (χ4n) is 1.98. The van der Waals surface area contributed by atoms with Crippen molar-refractivity contribution < 1.29 is 18.0 Å². The highest BCUT2D eigenvalue weighted by Crippen LogP contribution is 2.10. The van der Waals surface area contributed by atoms with Gasteiger partial charge in [0.2, 0.25) is 21.8 Å². The molecule has 0 bridgehead atoms. The molecule has 19 heavy (non-hydrogen) atoms. The van der Waals surface area contributed by atoms with E-state index in [0.29, 0.717) is 19.5 Å². The number of nitrogens with one attached hydrogen (secondary N) is 2. The van der Waals surface area contributed by atoms with E-state index in [4.69, 9.17) is 0 Å². The van der Waals surface area contributed by atoms with Gasteiger partial charge in [0.1, 0.15) is 6.04 Å². The number of hydrogen-bond donors (Lipinski definition) is 2. The third-order valence-electron chi connectivity index (χ3n) is 2.71. The normalized spacial score (nSPS) is 18.3. The predicted molar refractivity (Wildman–Crippen MR) is 70.8 cm³/mol. The van der Waals surface area contributed by atoms with Crippen molar-refractivity contribution in [2.24, 2.45) is 5.92 Å². The molecule has 1 atom stereocenters. The highest BCUT2D eigenvalue weighted by molar-refractivity contribution is 7.88. The van der Waals surface area contributed by atoms with Crippen molar-refractivity contribution in [2.45, 2.75) is 26.3 Å². The molecule has 1 fully saturated rings. The molecule has 0 aromatic heterocycles. The molecular formula is C11H21N3O4S. The molecule has 0 spiro atoms. The molecule has 0 unspecified atom stereocenters. The highest BCUT2D eigenvalue weighted by Gasteiger charge is 2.30. The number of carbonyl (C=O) groups is 2. The first-order valence-corrected chi connectivity index (χ1v) is 8.11. The van der Waals surface area contributed by atoms with Crippen LogP contribution in [0.4, 0.5) is 0 Å². The second-order valence-corrected chi connectivity index (χ2v) is 6.96. The monoisotopic (exact) mass is 291 g/mol. The average Bonchev–Trinajstić information content (AvgIpc) is 2.24. The molecule has 110 valence electrons. The molecule has 1 saturated heterocycles. The Morgan fingerprint density at radius 1 is 1.47 bits per heavy atom. The molecule has 0 aliphatic carbocycles. The summed E-state index contributed by atoms with van der Waals surface area (Å²) < 4.78 is 25.0. The van der Waals surface area contributed by atoms with Crippen LogP contribution >= 0.6 is 0 Å². The second-order valence-electron chi connectivity index (χ2n) is 5.18. The standard InChI is InChI=1S/C11H21N3O4S/c1-8(2)6-9(13-19(3,17)18)11(16)14-5-4-12-10(15)7-14/h8-9,13H,4-7H2,1-3H3,(H,12,15)/t9-/m1/s1. The number of piperazine rings is 1. The Bertz CT molecular complexity index is 447. The lowest BCUT2D eigenvalue weighted by Crippen LogP contribution is -2.56. The molecule has 0 aromatic carbocycles. The quantitative estimate of drug-likeness (QED) is 0.673. The van der Waals surface area contributed by atoms with Crippen LogP contribution in [0.15, 0.2) is 0 Å². The second kappa shape index (κ2) is 6.33. The summed E-state index contributed by atoms with van der Waals surface area (Å²) in [5.74, 6) is -0.391. The van der Waals surface area contributed by atoms with Gasteiger partial charge in [0.15, 0.2) is 0 Å². The Balaban J connectivity index is 2.78. The van der Waals surface area contributed by atoms with E-state index in [2.05, 4.69) is 10.0 Å². The molecule has 0 radical (unpaired) electrons. The van der Waals surface area contributed by atoms with Crippen molar-refractivity contribution in [3.63, 3.8) is 0 Å². The van der Waals surface area contributed by atoms with Gasteiger partial charge in [0.25, 0.3) is 0 Å². The van der Waals surface area contributed by atoms with Gasteiger partial charge in [-0.05, 0) is 12.3 Å². The van der Waals surface area contributed by atoms with E-state index in [1.807, 2.05) is 13.8 Å². The Morgan fingerprint density at radius 3 is 2.58 bits per heavy atom. The molecule has 0 saturated carbocycles. The van der Waals surface area contributed by atoms with Crippen molar-refractivity contribution in [3.05, 3.63) is 0 Å². The summed E-state index contributed by atoms with van der Waals surface area (Å²) in [7, 11) is -3.46. The summed E-state index contributed by atoms with van der Waals surface area (Å²) in [4.78, 5) is 24.9. The van der Waals surface area contributed by atoms with Crippen molar-refractivity contribution >= 4 is 21.8 Å². The average molecular weight is 291 g/mol. The van der Waals surface area contributed by atoms with Gasteiger partial charge in [-0.25, -0.2) is 13.1 Å². The van der Waals surface area contributed by atoms with E-state index >= 15 is 0 Å². The maximum absolute atomic E-state index is 12.3. The molecule has 2 N–H and O–H groups in total. The fraction of sp³-hybridized carbons (Fsp3) is 0.818. The maximum atomic E-state index is 12.3. The minimum absolute atomic E-state index is 0.0150. The van der Waals surface area contributed by atoms with Crippen molar-refractivity contribution in [2.75, 3.05) is 25.9 Å². The van der Waals surface area contributed by atoms with Crippen LogP contribution in [-0.4, -0.2) is 57.1 Å². The van der Waals surface area contributed by atoms with Crippen LogP contribution in [0.1, 0.15) is 20.3 Å². The highest BCUT2D eigenvalue weighted by atomic mass is 32.2. The molecule has 1 heterocycles. The number of carbonyl (C=O) groups excluding carboxylic acids is 2. The van der Waals surface area contributed by atoms with Crippen LogP contribution in [-0.2, 0) is 19.6 Å². The zero-order valence-corrected chi connectivity index (χ0v) is 12.3. The summed E-state index contributed by atoms with van der Waals surface area (Å²) in [6, 6.07) is -0.805.